The lowest BCUT2D eigenvalue weighted by atomic mass is 10.3. The first-order valence-electron chi connectivity index (χ1n) is 3.77. The smallest absolute Gasteiger partial charge is 0.344 e. The molecule has 78 valence electrons. The van der Waals surface area contributed by atoms with Crippen LogP contribution in [0.2, 0.25) is 0 Å². The molecule has 0 atom stereocenters. The van der Waals surface area contributed by atoms with E-state index in [9.17, 15) is 11.2 Å². The van der Waals surface area contributed by atoms with Crippen LogP contribution in [-0.2, 0) is 6.14 Å². The minimum Gasteiger partial charge on any atom is -0.507 e. The lowest BCUT2D eigenvalue weighted by molar-refractivity contribution is 0.201. The summed E-state index contributed by atoms with van der Waals surface area (Å²) in [4.78, 5) is 0. The van der Waals surface area contributed by atoms with E-state index >= 15 is 0 Å². The van der Waals surface area contributed by atoms with Gasteiger partial charge in [0.05, 0.1) is 6.61 Å². The monoisotopic (exact) mass is 312 g/mol. The van der Waals surface area contributed by atoms with Gasteiger partial charge in [0.2, 0.25) is 0 Å². The molecule has 0 aliphatic heterocycles. The van der Waals surface area contributed by atoms with E-state index in [0.717, 1.165) is 0 Å². The number of benzene rings is 1. The molecule has 5 nitrogen and oxygen atoms in total. The first kappa shape index (κ1) is 11.2. The van der Waals surface area contributed by atoms with Gasteiger partial charge in [0.15, 0.2) is 0 Å². The highest BCUT2D eigenvalue weighted by molar-refractivity contribution is 14.2. The lowest BCUT2D eigenvalue weighted by Gasteiger charge is -2.04. The van der Waals surface area contributed by atoms with Gasteiger partial charge in [-0.05, 0) is 12.1 Å². The molecule has 14 heavy (non-hydrogen) atoms. The van der Waals surface area contributed by atoms with Gasteiger partial charge in [-0.15, -0.1) is 0 Å². The molecule has 0 unspecified atom stereocenters. The molecule has 2 N–H and O–H groups in total. The van der Waals surface area contributed by atoms with E-state index < -0.39 is 19.8 Å². The summed E-state index contributed by atoms with van der Waals surface area (Å²) in [5.74, 6) is 0.0219. The van der Waals surface area contributed by atoms with E-state index in [-0.39, 0.29) is 22.5 Å². The van der Waals surface area contributed by atoms with Crippen molar-refractivity contribution in [1.82, 2.24) is 0 Å². The van der Waals surface area contributed by atoms with Gasteiger partial charge in [-0.1, -0.05) is 0 Å². The second-order valence-corrected chi connectivity index (χ2v) is 4.81. The third kappa shape index (κ3) is 2.81. The second kappa shape index (κ2) is 5.11. The second-order valence-electron chi connectivity index (χ2n) is 2.40. The molecule has 0 saturated heterocycles. The molecule has 0 heterocycles. The van der Waals surface area contributed by atoms with E-state index in [1.807, 2.05) is 0 Å². The molecule has 1 rings (SSSR count). The van der Waals surface area contributed by atoms with Crippen molar-refractivity contribution in [2.24, 2.45) is 0 Å². The molecule has 0 bridgehead atoms. The number of halogens is 1. The zero-order chi connectivity index (χ0) is 10.6. The Labute approximate surface area is 87.5 Å². The third-order valence-electron chi connectivity index (χ3n) is 1.44. The number of rotatable bonds is 4. The van der Waals surface area contributed by atoms with Crippen LogP contribution in [0.3, 0.4) is 0 Å². The first-order chi connectivity index (χ1) is 6.65. The van der Waals surface area contributed by atoms with Crippen LogP contribution in [0.25, 0.3) is 0 Å². The quantitative estimate of drug-likeness (QED) is 0.814. The molecule has 1 aromatic rings. The molecule has 0 aliphatic rings. The normalized spacial score (nSPS) is 10.4. The molecule has 0 radical (unpaired) electrons. The van der Waals surface area contributed by atoms with Crippen LogP contribution in [0.15, 0.2) is 18.2 Å². The van der Waals surface area contributed by atoms with Gasteiger partial charge in [0, 0.05) is 6.07 Å². The topological polar surface area (TPSA) is 83.8 Å². The zero-order valence-corrected chi connectivity index (χ0v) is 9.30. The Bertz CT molecular complexity index is 377. The van der Waals surface area contributed by atoms with Gasteiger partial charge >= 0.3 is 19.8 Å². The summed E-state index contributed by atoms with van der Waals surface area (Å²) in [5, 5.41) is 17.7. The Hall–Kier alpha value is -0.890. The Balaban J connectivity index is 2.89. The molecule has 0 aromatic heterocycles. The van der Waals surface area contributed by atoms with Crippen molar-refractivity contribution in [3.63, 3.8) is 0 Å². The number of aliphatic hydroxyl groups is 1. The maximum atomic E-state index is 10.6. The molecular weight excluding hydrogens is 303 g/mol. The Morgan fingerprint density at radius 2 is 2.07 bits per heavy atom. The van der Waals surface area contributed by atoms with Gasteiger partial charge in [0.1, 0.15) is 21.7 Å². The first-order valence-corrected chi connectivity index (χ1v) is 6.61. The van der Waals surface area contributed by atoms with Crippen molar-refractivity contribution in [1.29, 1.82) is 0 Å². The highest BCUT2D eigenvalue weighted by Crippen LogP contribution is 2.30. The summed E-state index contributed by atoms with van der Waals surface area (Å²) in [5.41, 5.74) is 0. The molecule has 0 amide bonds. The van der Waals surface area contributed by atoms with Crippen LogP contribution in [0.4, 0.5) is 0 Å². The number of aromatic hydroxyl groups is 1. The molecule has 0 saturated carbocycles. The van der Waals surface area contributed by atoms with Gasteiger partial charge < -0.3 is 14.9 Å². The van der Waals surface area contributed by atoms with Crippen molar-refractivity contribution in [3.05, 3.63) is 21.8 Å². The largest absolute Gasteiger partial charge is 0.507 e. The predicted molar refractivity (Wildman–Crippen MR) is 54.8 cm³/mol. The van der Waals surface area contributed by atoms with Crippen LogP contribution in [-0.4, -0.2) is 23.4 Å². The highest BCUT2D eigenvalue weighted by Gasteiger charge is 2.07. The van der Waals surface area contributed by atoms with E-state index in [1.165, 1.54) is 18.2 Å². The van der Waals surface area contributed by atoms with Crippen molar-refractivity contribution in [2.45, 2.75) is 0 Å². The fourth-order valence-corrected chi connectivity index (χ4v) is 1.96. The summed E-state index contributed by atoms with van der Waals surface area (Å²) >= 11 is -3.63. The van der Waals surface area contributed by atoms with Crippen LogP contribution in [0, 0.1) is 3.57 Å². The molecule has 0 fully saturated rings. The van der Waals surface area contributed by atoms with Crippen LogP contribution >= 0.6 is 19.8 Å². The zero-order valence-electron chi connectivity index (χ0n) is 7.14. The Morgan fingerprint density at radius 3 is 2.57 bits per heavy atom. The predicted octanol–water partition coefficient (Wildman–Crippen LogP) is 1.13. The Morgan fingerprint density at radius 1 is 1.36 bits per heavy atom. The SMILES string of the molecule is O=I(=O)c1ccc(OCCO)cc1O. The maximum absolute atomic E-state index is 10.6. The van der Waals surface area contributed by atoms with E-state index in [1.54, 1.807) is 0 Å². The Kier molecular flexibility index (Phi) is 4.08. The number of ether oxygens (including phenoxy) is 1. The lowest BCUT2D eigenvalue weighted by Crippen LogP contribution is -2.01. The molecule has 6 heteroatoms. The molecule has 0 aliphatic carbocycles. The summed E-state index contributed by atoms with van der Waals surface area (Å²) < 4.78 is 26.2. The van der Waals surface area contributed by atoms with Gasteiger partial charge in [0.25, 0.3) is 0 Å². The average Bonchev–Trinajstić information content (AvgIpc) is 2.14. The van der Waals surface area contributed by atoms with Gasteiger partial charge in [-0.25, -0.2) is 6.14 Å². The number of hydrogen-bond acceptors (Lipinski definition) is 5. The van der Waals surface area contributed by atoms with Gasteiger partial charge in [-0.3, -0.25) is 0 Å². The van der Waals surface area contributed by atoms with Crippen molar-refractivity contribution >= 4 is 19.8 Å². The fourth-order valence-electron chi connectivity index (χ4n) is 0.876. The maximum Gasteiger partial charge on any atom is 0.344 e. The van der Waals surface area contributed by atoms with Crippen LogP contribution in [0.1, 0.15) is 0 Å². The van der Waals surface area contributed by atoms with E-state index in [2.05, 4.69) is 0 Å². The third-order valence-corrected chi connectivity index (χ3v) is 3.30. The number of phenolic OH excluding ortho intramolecular Hbond substituents is 1. The molecule has 1 aromatic carbocycles. The summed E-state index contributed by atoms with van der Waals surface area (Å²) in [6.07, 6.45) is 0. The summed E-state index contributed by atoms with van der Waals surface area (Å²) in [6.45, 7) is -0.0278. The fraction of sp³-hybridized carbons (Fsp3) is 0.250. The number of hydrogen-bond donors (Lipinski definition) is 2. The van der Waals surface area contributed by atoms with Crippen molar-refractivity contribution in [3.8, 4) is 11.5 Å². The minimum atomic E-state index is -3.63. The number of phenols is 1. The standard InChI is InChI=1S/C8H9IO5/c10-3-4-14-6-1-2-7(9(12)13)8(11)5-6/h1-2,5,10-11H,3-4H2. The summed E-state index contributed by atoms with van der Waals surface area (Å²) in [7, 11) is 0. The van der Waals surface area contributed by atoms with E-state index in [4.69, 9.17) is 9.84 Å². The number of aliphatic hydroxyl groups excluding tert-OH is 1. The highest BCUT2D eigenvalue weighted by atomic mass is 127. The van der Waals surface area contributed by atoms with Crippen LogP contribution in [0.5, 0.6) is 11.5 Å². The molecule has 0 spiro atoms. The molecular formula is C8H9IO5. The van der Waals surface area contributed by atoms with Crippen molar-refractivity contribution in [2.75, 3.05) is 13.2 Å². The van der Waals surface area contributed by atoms with Crippen LogP contribution < -0.4 is 4.74 Å². The minimum absolute atomic E-state index is 0.0504. The average molecular weight is 312 g/mol. The summed E-state index contributed by atoms with van der Waals surface area (Å²) in [6, 6.07) is 3.93. The van der Waals surface area contributed by atoms with Gasteiger partial charge in [-0.2, -0.15) is 0 Å². The van der Waals surface area contributed by atoms with E-state index in [0.29, 0.717) is 5.75 Å². The van der Waals surface area contributed by atoms with Crippen molar-refractivity contribution < 1.29 is 21.1 Å².